The molecule has 0 radical (unpaired) electrons. The lowest BCUT2D eigenvalue weighted by molar-refractivity contribution is 0.218. The third-order valence-electron chi connectivity index (χ3n) is 3.63. The molecule has 2 aromatic rings. The lowest BCUT2D eigenvalue weighted by Gasteiger charge is -2.20. The van der Waals surface area contributed by atoms with Crippen molar-refractivity contribution in [3.05, 3.63) is 66.2 Å². The lowest BCUT2D eigenvalue weighted by atomic mass is 10.0. The molecule has 0 bridgehead atoms. The van der Waals surface area contributed by atoms with Crippen molar-refractivity contribution < 1.29 is 4.52 Å². The molecule has 0 N–H and O–H groups in total. The molecule has 3 rings (SSSR count). The fraction of sp³-hybridized carbons (Fsp3) is 0.250. The first-order chi connectivity index (χ1) is 9.27. The number of hydrogen-bond acceptors (Lipinski definition) is 2. The van der Waals surface area contributed by atoms with Crippen molar-refractivity contribution in [1.29, 1.82) is 0 Å². The van der Waals surface area contributed by atoms with E-state index in [1.54, 1.807) is 0 Å². The largest absolute Gasteiger partial charge is 0.330 e. The summed E-state index contributed by atoms with van der Waals surface area (Å²) in [5.74, 6) is 0. The van der Waals surface area contributed by atoms with Gasteiger partial charge >= 0.3 is 0 Å². The van der Waals surface area contributed by atoms with E-state index < -0.39 is 8.30 Å². The standard InChI is InChI=1S/C16H18NOP/c1-13-16(14-9-5-3-6-10-14)18-19(17(13)2)15-11-7-4-8-12-15/h3-13,16H,1-2H3/t13-,16-,19-/m1/s1. The molecule has 1 fully saturated rings. The van der Waals surface area contributed by atoms with Crippen molar-refractivity contribution in [1.82, 2.24) is 4.67 Å². The van der Waals surface area contributed by atoms with E-state index in [0.29, 0.717) is 6.04 Å². The maximum atomic E-state index is 6.35. The molecule has 0 amide bonds. The van der Waals surface area contributed by atoms with Gasteiger partial charge in [0.2, 0.25) is 0 Å². The van der Waals surface area contributed by atoms with E-state index in [1.165, 1.54) is 10.9 Å². The van der Waals surface area contributed by atoms with Crippen molar-refractivity contribution in [2.75, 3.05) is 7.05 Å². The fourth-order valence-corrected chi connectivity index (χ4v) is 4.44. The molecule has 1 aliphatic rings. The van der Waals surface area contributed by atoms with Crippen LogP contribution in [-0.4, -0.2) is 17.8 Å². The van der Waals surface area contributed by atoms with Crippen molar-refractivity contribution in [2.24, 2.45) is 0 Å². The van der Waals surface area contributed by atoms with Crippen LogP contribution in [0.4, 0.5) is 0 Å². The van der Waals surface area contributed by atoms with Crippen LogP contribution in [0.25, 0.3) is 0 Å². The summed E-state index contributed by atoms with van der Waals surface area (Å²) in [5, 5.41) is 1.28. The smallest absolute Gasteiger partial charge is 0.138 e. The minimum atomic E-state index is -0.670. The highest BCUT2D eigenvalue weighted by atomic mass is 31.2. The Labute approximate surface area is 115 Å². The van der Waals surface area contributed by atoms with Crippen molar-refractivity contribution in [3.8, 4) is 0 Å². The second-order valence-electron chi connectivity index (χ2n) is 4.86. The normalized spacial score (nSPS) is 27.6. The Hall–Kier alpha value is -1.21. The zero-order valence-electron chi connectivity index (χ0n) is 11.2. The topological polar surface area (TPSA) is 12.5 Å². The molecule has 98 valence electrons. The van der Waals surface area contributed by atoms with Gasteiger partial charge in [-0.25, -0.2) is 0 Å². The molecule has 1 heterocycles. The number of rotatable bonds is 2. The molecule has 0 aliphatic carbocycles. The van der Waals surface area contributed by atoms with E-state index in [9.17, 15) is 0 Å². The van der Waals surface area contributed by atoms with E-state index in [-0.39, 0.29) is 6.10 Å². The van der Waals surface area contributed by atoms with Crippen LogP contribution in [0.2, 0.25) is 0 Å². The molecule has 3 atom stereocenters. The molecule has 1 saturated heterocycles. The summed E-state index contributed by atoms with van der Waals surface area (Å²) < 4.78 is 8.71. The number of likely N-dealkylation sites (N-methyl/N-ethyl adjacent to an activating group) is 1. The molecule has 0 spiro atoms. The number of nitrogens with zero attached hydrogens (tertiary/aromatic N) is 1. The summed E-state index contributed by atoms with van der Waals surface area (Å²) in [6.07, 6.45) is 0.164. The Morgan fingerprint density at radius 3 is 2.16 bits per heavy atom. The quantitative estimate of drug-likeness (QED) is 0.772. The van der Waals surface area contributed by atoms with Crippen LogP contribution >= 0.6 is 8.30 Å². The van der Waals surface area contributed by atoms with Crippen molar-refractivity contribution in [2.45, 2.75) is 19.1 Å². The maximum Gasteiger partial charge on any atom is 0.138 e. The molecular weight excluding hydrogens is 253 g/mol. The predicted octanol–water partition coefficient (Wildman–Crippen LogP) is 3.72. The second-order valence-corrected chi connectivity index (χ2v) is 6.76. The van der Waals surface area contributed by atoms with E-state index in [1.807, 2.05) is 12.1 Å². The van der Waals surface area contributed by atoms with E-state index >= 15 is 0 Å². The highest BCUT2D eigenvalue weighted by Crippen LogP contribution is 2.54. The van der Waals surface area contributed by atoms with E-state index in [4.69, 9.17) is 4.52 Å². The van der Waals surface area contributed by atoms with Crippen LogP contribution in [-0.2, 0) is 4.52 Å². The van der Waals surface area contributed by atoms with Gasteiger partial charge in [-0.3, -0.25) is 4.67 Å². The first-order valence-corrected chi connectivity index (χ1v) is 7.78. The Kier molecular flexibility index (Phi) is 3.65. The van der Waals surface area contributed by atoms with Crippen LogP contribution in [0.1, 0.15) is 18.6 Å². The Bertz CT molecular complexity index is 481. The van der Waals surface area contributed by atoms with Gasteiger partial charge in [0.25, 0.3) is 0 Å². The monoisotopic (exact) mass is 271 g/mol. The van der Waals surface area contributed by atoms with Crippen LogP contribution in [0, 0.1) is 0 Å². The Morgan fingerprint density at radius 1 is 0.947 bits per heavy atom. The zero-order valence-corrected chi connectivity index (χ0v) is 12.1. The second kappa shape index (κ2) is 5.42. The van der Waals surface area contributed by atoms with E-state index in [2.05, 4.69) is 67.2 Å². The SMILES string of the molecule is C[C@@H]1[C@H](c2ccccc2)O[P@](c2ccccc2)N1C. The first-order valence-electron chi connectivity index (χ1n) is 6.57. The molecule has 3 heteroatoms. The molecule has 0 saturated carbocycles. The van der Waals surface area contributed by atoms with Crippen LogP contribution < -0.4 is 5.30 Å². The van der Waals surface area contributed by atoms with Gasteiger partial charge in [-0.1, -0.05) is 60.7 Å². The number of hydrogen-bond donors (Lipinski definition) is 0. The molecule has 2 nitrogen and oxygen atoms in total. The Balaban J connectivity index is 1.88. The van der Waals surface area contributed by atoms with E-state index in [0.717, 1.165) is 0 Å². The van der Waals surface area contributed by atoms with Crippen LogP contribution in [0.5, 0.6) is 0 Å². The average molecular weight is 271 g/mol. The predicted molar refractivity (Wildman–Crippen MR) is 80.5 cm³/mol. The molecule has 1 aliphatic heterocycles. The first kappa shape index (κ1) is 12.8. The highest BCUT2D eigenvalue weighted by Gasteiger charge is 2.39. The lowest BCUT2D eigenvalue weighted by Crippen LogP contribution is -2.24. The van der Waals surface area contributed by atoms with Gasteiger partial charge in [0.1, 0.15) is 14.4 Å². The summed E-state index contributed by atoms with van der Waals surface area (Å²) in [4.78, 5) is 0. The van der Waals surface area contributed by atoms with Gasteiger partial charge in [0.15, 0.2) is 0 Å². The summed E-state index contributed by atoms with van der Waals surface area (Å²) in [6, 6.07) is 21.4. The maximum absolute atomic E-state index is 6.35. The van der Waals surface area contributed by atoms with Gasteiger partial charge in [0, 0.05) is 11.3 Å². The molecule has 0 aromatic heterocycles. The summed E-state index contributed by atoms with van der Waals surface area (Å²) in [5.41, 5.74) is 1.27. The molecule has 19 heavy (non-hydrogen) atoms. The minimum Gasteiger partial charge on any atom is -0.330 e. The van der Waals surface area contributed by atoms with Gasteiger partial charge in [-0.15, -0.1) is 0 Å². The zero-order chi connectivity index (χ0) is 13.2. The van der Waals surface area contributed by atoms with Gasteiger partial charge in [-0.2, -0.15) is 0 Å². The molecule has 0 unspecified atom stereocenters. The third kappa shape index (κ3) is 2.44. The van der Waals surface area contributed by atoms with Gasteiger partial charge in [-0.05, 0) is 19.5 Å². The third-order valence-corrected chi connectivity index (χ3v) is 5.74. The van der Waals surface area contributed by atoms with Crippen LogP contribution in [0.3, 0.4) is 0 Å². The summed E-state index contributed by atoms with van der Waals surface area (Å²) in [7, 11) is 1.49. The Morgan fingerprint density at radius 2 is 1.53 bits per heavy atom. The highest BCUT2D eigenvalue weighted by molar-refractivity contribution is 7.58. The van der Waals surface area contributed by atoms with Crippen LogP contribution in [0.15, 0.2) is 60.7 Å². The fourth-order valence-electron chi connectivity index (χ4n) is 2.41. The summed E-state index contributed by atoms with van der Waals surface area (Å²) in [6.45, 7) is 2.24. The van der Waals surface area contributed by atoms with Gasteiger partial charge < -0.3 is 4.52 Å². The molecule has 2 aromatic carbocycles. The number of benzene rings is 2. The van der Waals surface area contributed by atoms with Crippen molar-refractivity contribution >= 4 is 13.6 Å². The molecular formula is C16H18NOP. The van der Waals surface area contributed by atoms with Gasteiger partial charge in [0.05, 0.1) is 0 Å². The van der Waals surface area contributed by atoms with Crippen molar-refractivity contribution in [3.63, 3.8) is 0 Å². The minimum absolute atomic E-state index is 0.164. The summed E-state index contributed by atoms with van der Waals surface area (Å²) >= 11 is 0. The average Bonchev–Trinajstić information content (AvgIpc) is 2.77.